The van der Waals surface area contributed by atoms with Crippen molar-refractivity contribution in [3.63, 3.8) is 0 Å². The first-order valence-corrected chi connectivity index (χ1v) is 8.90. The van der Waals surface area contributed by atoms with Gasteiger partial charge < -0.3 is 14.1 Å². The summed E-state index contributed by atoms with van der Waals surface area (Å²) in [5.41, 5.74) is 1.32. The van der Waals surface area contributed by atoms with E-state index in [1.165, 1.54) is 5.56 Å². The second-order valence-corrected chi connectivity index (χ2v) is 7.97. The van der Waals surface area contributed by atoms with Gasteiger partial charge in [-0.25, -0.2) is 0 Å². The van der Waals surface area contributed by atoms with E-state index < -0.39 is 0 Å². The van der Waals surface area contributed by atoms with Gasteiger partial charge in [0.25, 0.3) is 5.91 Å². The van der Waals surface area contributed by atoms with E-state index in [9.17, 15) is 4.79 Å². The lowest BCUT2D eigenvalue weighted by Gasteiger charge is -2.42. The van der Waals surface area contributed by atoms with E-state index in [-0.39, 0.29) is 6.04 Å². The zero-order valence-electron chi connectivity index (χ0n) is 13.6. The number of rotatable bonds is 4. The van der Waals surface area contributed by atoms with E-state index in [2.05, 4.69) is 19.2 Å². The summed E-state index contributed by atoms with van der Waals surface area (Å²) in [4.78, 5) is 14.3. The van der Waals surface area contributed by atoms with E-state index in [1.54, 1.807) is 7.11 Å². The highest BCUT2D eigenvalue weighted by molar-refractivity contribution is 7.99. The summed E-state index contributed by atoms with van der Waals surface area (Å²) >= 11 is 1.99. The number of piperazine rings is 1. The fraction of sp³-hybridized carbons (Fsp3) is 0.588. The Morgan fingerprint density at radius 3 is 2.77 bits per heavy atom. The highest BCUT2D eigenvalue weighted by atomic mass is 32.2. The van der Waals surface area contributed by atoms with E-state index in [1.807, 2.05) is 35.8 Å². The predicted molar refractivity (Wildman–Crippen MR) is 90.0 cm³/mol. The van der Waals surface area contributed by atoms with Crippen LogP contribution in [0, 0.1) is 0 Å². The number of carbonyl (C=O) groups is 1. The van der Waals surface area contributed by atoms with Gasteiger partial charge in [-0.3, -0.25) is 4.79 Å². The monoisotopic (exact) mass is 321 g/mol. The number of fused-ring (bicyclic) bond motifs is 1. The molecule has 2 aliphatic heterocycles. The van der Waals surface area contributed by atoms with Crippen LogP contribution in [-0.4, -0.2) is 67.4 Å². The van der Waals surface area contributed by atoms with Crippen molar-refractivity contribution in [2.24, 2.45) is 0 Å². The third-order valence-electron chi connectivity index (χ3n) is 5.11. The lowest BCUT2D eigenvalue weighted by molar-refractivity contribution is -0.915. The standard InChI is InChI=1S/C17H25N2O2S/c1-18-8-9-19(2)11-15(10-16(19)17(18)20)22-12-13-4-6-14(21-3)7-5-13/h4-7,15-16H,8-12H2,1-3H3/q+1/t15-,16-,19?/m0/s1. The number of quaternary nitrogens is 1. The lowest BCUT2D eigenvalue weighted by Crippen LogP contribution is -2.62. The van der Waals surface area contributed by atoms with Crippen molar-refractivity contribution in [3.8, 4) is 5.75 Å². The van der Waals surface area contributed by atoms with Crippen molar-refractivity contribution >= 4 is 17.7 Å². The minimum absolute atomic E-state index is 0.173. The molecule has 4 nitrogen and oxygen atoms in total. The SMILES string of the molecule is COc1ccc(CS[C@H]2C[C@H]3C(=O)N(C)CC[N+]3(C)C2)cc1. The predicted octanol–water partition coefficient (Wildman–Crippen LogP) is 1.99. The maximum absolute atomic E-state index is 12.4. The summed E-state index contributed by atoms with van der Waals surface area (Å²) < 4.78 is 6.13. The van der Waals surface area contributed by atoms with Crippen LogP contribution in [0.2, 0.25) is 0 Å². The van der Waals surface area contributed by atoms with Gasteiger partial charge in [0.15, 0.2) is 6.04 Å². The number of amides is 1. The molecule has 1 aromatic rings. The van der Waals surface area contributed by atoms with Gasteiger partial charge in [-0.15, -0.1) is 11.8 Å². The minimum Gasteiger partial charge on any atom is -0.497 e. The van der Waals surface area contributed by atoms with Gasteiger partial charge in [0.05, 0.1) is 39.0 Å². The Balaban J connectivity index is 1.59. The van der Waals surface area contributed by atoms with Gasteiger partial charge in [0.1, 0.15) is 5.75 Å². The molecule has 0 saturated carbocycles. The summed E-state index contributed by atoms with van der Waals surface area (Å²) in [6.45, 7) is 3.10. The molecule has 22 heavy (non-hydrogen) atoms. The zero-order valence-corrected chi connectivity index (χ0v) is 14.4. The largest absolute Gasteiger partial charge is 0.497 e. The first-order valence-electron chi connectivity index (χ1n) is 7.85. The molecule has 2 heterocycles. The van der Waals surface area contributed by atoms with Crippen LogP contribution < -0.4 is 4.74 Å². The molecule has 0 spiro atoms. The van der Waals surface area contributed by atoms with E-state index >= 15 is 0 Å². The van der Waals surface area contributed by atoms with Crippen molar-refractivity contribution in [1.29, 1.82) is 0 Å². The molecular weight excluding hydrogens is 296 g/mol. The quantitative estimate of drug-likeness (QED) is 0.794. The second kappa shape index (κ2) is 6.13. The van der Waals surface area contributed by atoms with Crippen LogP contribution in [0.25, 0.3) is 0 Å². The fourth-order valence-corrected chi connectivity index (χ4v) is 4.97. The van der Waals surface area contributed by atoms with Gasteiger partial charge >= 0.3 is 0 Å². The Morgan fingerprint density at radius 1 is 1.36 bits per heavy atom. The number of ether oxygens (including phenoxy) is 1. The van der Waals surface area contributed by atoms with E-state index in [4.69, 9.17) is 4.74 Å². The average Bonchev–Trinajstić information content (AvgIpc) is 2.88. The molecule has 2 saturated heterocycles. The molecule has 0 aliphatic carbocycles. The number of thioether (sulfide) groups is 1. The van der Waals surface area contributed by atoms with Crippen LogP contribution >= 0.6 is 11.8 Å². The fourth-order valence-electron chi connectivity index (χ4n) is 3.58. The molecule has 0 bridgehead atoms. The highest BCUT2D eigenvalue weighted by Gasteiger charge is 2.51. The van der Waals surface area contributed by atoms with Gasteiger partial charge in [0, 0.05) is 19.2 Å². The molecule has 3 atom stereocenters. The molecule has 120 valence electrons. The van der Waals surface area contributed by atoms with Crippen molar-refractivity contribution in [2.45, 2.75) is 23.5 Å². The highest BCUT2D eigenvalue weighted by Crippen LogP contribution is 2.36. The first-order chi connectivity index (χ1) is 10.5. The molecule has 0 N–H and O–H groups in total. The molecule has 1 amide bonds. The van der Waals surface area contributed by atoms with Crippen LogP contribution in [0.3, 0.4) is 0 Å². The number of benzene rings is 1. The Hall–Kier alpha value is -1.20. The topological polar surface area (TPSA) is 29.5 Å². The van der Waals surface area contributed by atoms with Crippen LogP contribution in [0.4, 0.5) is 0 Å². The summed E-state index contributed by atoms with van der Waals surface area (Å²) in [5.74, 6) is 2.24. The first kappa shape index (κ1) is 15.7. The maximum Gasteiger partial charge on any atom is 0.280 e. The molecular formula is C17H25N2O2S+. The summed E-state index contributed by atoms with van der Waals surface area (Å²) in [6, 6.07) is 8.46. The Labute approximate surface area is 137 Å². The van der Waals surface area contributed by atoms with Crippen LogP contribution in [-0.2, 0) is 10.5 Å². The van der Waals surface area contributed by atoms with Gasteiger partial charge in [0.2, 0.25) is 0 Å². The third-order valence-corrected chi connectivity index (χ3v) is 6.42. The van der Waals surface area contributed by atoms with Crippen LogP contribution in [0.5, 0.6) is 5.75 Å². The average molecular weight is 321 g/mol. The number of nitrogens with zero attached hydrogens (tertiary/aromatic N) is 2. The normalized spacial score (nSPS) is 31.2. The molecule has 1 unspecified atom stereocenters. The Morgan fingerprint density at radius 2 is 2.09 bits per heavy atom. The smallest absolute Gasteiger partial charge is 0.280 e. The Bertz CT molecular complexity index is 548. The van der Waals surface area contributed by atoms with Gasteiger partial charge in [-0.05, 0) is 17.7 Å². The number of methoxy groups -OCH3 is 1. The molecule has 0 aromatic heterocycles. The van der Waals surface area contributed by atoms with Crippen molar-refractivity contribution in [3.05, 3.63) is 29.8 Å². The molecule has 2 fully saturated rings. The summed E-state index contributed by atoms with van der Waals surface area (Å²) in [5, 5.41) is 0.576. The Kier molecular flexibility index (Phi) is 4.37. The second-order valence-electron chi connectivity index (χ2n) is 6.68. The molecule has 5 heteroatoms. The molecule has 2 aliphatic rings. The summed E-state index contributed by atoms with van der Waals surface area (Å²) in [7, 11) is 5.88. The van der Waals surface area contributed by atoms with E-state index in [0.29, 0.717) is 11.2 Å². The van der Waals surface area contributed by atoms with Crippen molar-refractivity contribution in [1.82, 2.24) is 4.90 Å². The van der Waals surface area contributed by atoms with Crippen molar-refractivity contribution in [2.75, 3.05) is 40.8 Å². The van der Waals surface area contributed by atoms with Crippen LogP contribution in [0.1, 0.15) is 12.0 Å². The summed E-state index contributed by atoms with van der Waals surface area (Å²) in [6.07, 6.45) is 1.01. The third kappa shape index (κ3) is 2.97. The number of hydrogen-bond donors (Lipinski definition) is 0. The molecule has 0 radical (unpaired) electrons. The van der Waals surface area contributed by atoms with Gasteiger partial charge in [-0.2, -0.15) is 0 Å². The van der Waals surface area contributed by atoms with Crippen LogP contribution in [0.15, 0.2) is 24.3 Å². The van der Waals surface area contributed by atoms with E-state index in [0.717, 1.165) is 42.0 Å². The molecule has 3 rings (SSSR count). The molecule has 1 aromatic carbocycles. The lowest BCUT2D eigenvalue weighted by atomic mass is 10.1. The maximum atomic E-state index is 12.4. The zero-order chi connectivity index (χ0) is 15.7. The van der Waals surface area contributed by atoms with Crippen molar-refractivity contribution < 1.29 is 14.0 Å². The van der Waals surface area contributed by atoms with Gasteiger partial charge in [-0.1, -0.05) is 12.1 Å². The number of likely N-dealkylation sites (N-methyl/N-ethyl adjacent to an activating group) is 2. The number of hydrogen-bond acceptors (Lipinski definition) is 3. The minimum atomic E-state index is 0.173. The number of carbonyl (C=O) groups excluding carboxylic acids is 1.